The van der Waals surface area contributed by atoms with E-state index in [4.69, 9.17) is 9.47 Å². The number of hydrogen-bond donors (Lipinski definition) is 2. The van der Waals surface area contributed by atoms with Crippen molar-refractivity contribution in [2.75, 3.05) is 25.0 Å². The zero-order chi connectivity index (χ0) is 21.4. The second-order valence-electron chi connectivity index (χ2n) is 6.15. The molecule has 0 saturated carbocycles. The number of carbonyl (C=O) groups excluding carboxylic acids is 1. The number of hydrogen-bond acceptors (Lipinski definition) is 6. The van der Waals surface area contributed by atoms with Crippen LogP contribution in [-0.2, 0) is 14.8 Å². The molecular weight excluding hydrogens is 406 g/mol. The first kappa shape index (κ1) is 21.3. The van der Waals surface area contributed by atoms with Crippen molar-refractivity contribution >= 4 is 21.6 Å². The van der Waals surface area contributed by atoms with Gasteiger partial charge >= 0.3 is 0 Å². The summed E-state index contributed by atoms with van der Waals surface area (Å²) >= 11 is 0. The van der Waals surface area contributed by atoms with Crippen LogP contribution in [0.4, 0.5) is 5.69 Å². The van der Waals surface area contributed by atoms with Gasteiger partial charge in [-0.2, -0.15) is 0 Å². The third-order valence-electron chi connectivity index (χ3n) is 3.96. The van der Waals surface area contributed by atoms with Gasteiger partial charge < -0.3 is 14.8 Å². The first-order valence-corrected chi connectivity index (χ1v) is 10.6. The van der Waals surface area contributed by atoms with E-state index in [0.29, 0.717) is 24.6 Å². The van der Waals surface area contributed by atoms with Crippen molar-refractivity contribution < 1.29 is 22.7 Å². The minimum atomic E-state index is -3.73. The molecule has 1 aromatic heterocycles. The van der Waals surface area contributed by atoms with Gasteiger partial charge in [0.2, 0.25) is 5.88 Å². The minimum absolute atomic E-state index is 0.107. The van der Waals surface area contributed by atoms with Gasteiger partial charge in [-0.05, 0) is 36.4 Å². The SMILES string of the molecule is COCCNC(=O)c1cccnc1Oc1cccc(NS(=O)(=O)c2ccccc2)c1. The largest absolute Gasteiger partial charge is 0.438 e. The van der Waals surface area contributed by atoms with E-state index >= 15 is 0 Å². The number of sulfonamides is 1. The molecule has 30 heavy (non-hydrogen) atoms. The van der Waals surface area contributed by atoms with Crippen LogP contribution in [0.25, 0.3) is 0 Å². The van der Waals surface area contributed by atoms with Crippen LogP contribution >= 0.6 is 0 Å². The first-order chi connectivity index (χ1) is 14.5. The van der Waals surface area contributed by atoms with Crippen molar-refractivity contribution in [1.29, 1.82) is 0 Å². The molecule has 2 aromatic carbocycles. The molecule has 3 rings (SSSR count). The maximum atomic E-state index is 12.5. The highest BCUT2D eigenvalue weighted by molar-refractivity contribution is 7.92. The molecule has 0 saturated heterocycles. The maximum absolute atomic E-state index is 12.5. The van der Waals surface area contributed by atoms with Crippen LogP contribution in [0.2, 0.25) is 0 Å². The summed E-state index contributed by atoms with van der Waals surface area (Å²) in [6, 6.07) is 17.7. The second kappa shape index (κ2) is 9.86. The molecule has 0 unspecified atom stereocenters. The molecule has 0 aliphatic rings. The summed E-state index contributed by atoms with van der Waals surface area (Å²) in [6.07, 6.45) is 1.50. The van der Waals surface area contributed by atoms with Gasteiger partial charge in [0.05, 0.1) is 17.2 Å². The van der Waals surface area contributed by atoms with Crippen molar-refractivity contribution in [3.63, 3.8) is 0 Å². The van der Waals surface area contributed by atoms with Crippen molar-refractivity contribution in [3.8, 4) is 11.6 Å². The van der Waals surface area contributed by atoms with Crippen molar-refractivity contribution in [2.24, 2.45) is 0 Å². The number of nitrogens with one attached hydrogen (secondary N) is 2. The zero-order valence-corrected chi connectivity index (χ0v) is 17.1. The van der Waals surface area contributed by atoms with Crippen LogP contribution in [0, 0.1) is 0 Å². The molecule has 156 valence electrons. The molecule has 0 fully saturated rings. The summed E-state index contributed by atoms with van der Waals surface area (Å²) in [5, 5.41) is 2.71. The normalized spacial score (nSPS) is 11.0. The molecule has 0 aliphatic carbocycles. The molecule has 0 atom stereocenters. The average Bonchev–Trinajstić information content (AvgIpc) is 2.75. The highest BCUT2D eigenvalue weighted by Gasteiger charge is 2.16. The Balaban J connectivity index is 1.77. The number of amides is 1. The van der Waals surface area contributed by atoms with E-state index in [1.165, 1.54) is 24.4 Å². The van der Waals surface area contributed by atoms with Gasteiger partial charge in [-0.25, -0.2) is 13.4 Å². The van der Waals surface area contributed by atoms with Crippen LogP contribution in [0.15, 0.2) is 77.8 Å². The van der Waals surface area contributed by atoms with Crippen molar-refractivity contribution in [1.82, 2.24) is 10.3 Å². The minimum Gasteiger partial charge on any atom is -0.438 e. The van der Waals surface area contributed by atoms with Gasteiger partial charge in [0.25, 0.3) is 15.9 Å². The fourth-order valence-electron chi connectivity index (χ4n) is 2.56. The Morgan fingerprint density at radius 3 is 2.60 bits per heavy atom. The number of carbonyl (C=O) groups is 1. The smallest absolute Gasteiger partial charge is 0.261 e. The Labute approximate surface area is 174 Å². The predicted molar refractivity (Wildman–Crippen MR) is 112 cm³/mol. The summed E-state index contributed by atoms with van der Waals surface area (Å²) in [5.41, 5.74) is 0.572. The van der Waals surface area contributed by atoms with E-state index in [2.05, 4.69) is 15.0 Å². The Morgan fingerprint density at radius 1 is 1.03 bits per heavy atom. The fourth-order valence-corrected chi connectivity index (χ4v) is 3.63. The number of pyridine rings is 1. The second-order valence-corrected chi connectivity index (χ2v) is 7.84. The van der Waals surface area contributed by atoms with E-state index < -0.39 is 10.0 Å². The molecule has 0 spiro atoms. The lowest BCUT2D eigenvalue weighted by Crippen LogP contribution is -2.27. The molecule has 1 heterocycles. The topological polar surface area (TPSA) is 107 Å². The number of benzene rings is 2. The number of aromatic nitrogens is 1. The van der Waals surface area contributed by atoms with E-state index in [0.717, 1.165) is 0 Å². The van der Waals surface area contributed by atoms with Gasteiger partial charge in [-0.3, -0.25) is 9.52 Å². The Hall–Kier alpha value is -3.43. The van der Waals surface area contributed by atoms with Gasteiger partial charge in [-0.15, -0.1) is 0 Å². The quantitative estimate of drug-likeness (QED) is 0.509. The van der Waals surface area contributed by atoms with E-state index in [-0.39, 0.29) is 22.2 Å². The molecule has 0 bridgehead atoms. The molecule has 0 aliphatic heterocycles. The lowest BCUT2D eigenvalue weighted by molar-refractivity contribution is 0.0934. The van der Waals surface area contributed by atoms with Crippen LogP contribution in [-0.4, -0.2) is 39.6 Å². The molecule has 2 N–H and O–H groups in total. The highest BCUT2D eigenvalue weighted by Crippen LogP contribution is 2.26. The van der Waals surface area contributed by atoms with Gasteiger partial charge in [0, 0.05) is 25.9 Å². The summed E-state index contributed by atoms with van der Waals surface area (Å²) in [5.74, 6) is 0.0828. The molecule has 3 aromatic rings. The summed E-state index contributed by atoms with van der Waals surface area (Å²) in [7, 11) is -2.19. The highest BCUT2D eigenvalue weighted by atomic mass is 32.2. The summed E-state index contributed by atoms with van der Waals surface area (Å²) in [4.78, 5) is 16.6. The number of ether oxygens (including phenoxy) is 2. The molecule has 0 radical (unpaired) electrons. The Kier molecular flexibility index (Phi) is 6.99. The van der Waals surface area contributed by atoms with Gasteiger partial charge in [0.15, 0.2) is 0 Å². The number of nitrogens with zero attached hydrogens (tertiary/aromatic N) is 1. The number of rotatable bonds is 9. The lowest BCUT2D eigenvalue weighted by atomic mass is 10.2. The van der Waals surface area contributed by atoms with Crippen molar-refractivity contribution in [3.05, 3.63) is 78.5 Å². The predicted octanol–water partition coefficient (Wildman–Crippen LogP) is 3.05. The molecule has 8 nitrogen and oxygen atoms in total. The number of methoxy groups -OCH3 is 1. The lowest BCUT2D eigenvalue weighted by Gasteiger charge is -2.12. The standard InChI is InChI=1S/C21H21N3O5S/c1-28-14-13-22-20(25)19-11-6-12-23-21(19)29-17-8-5-7-16(15-17)24-30(26,27)18-9-3-2-4-10-18/h2-12,15,24H,13-14H2,1H3,(H,22,25). The Bertz CT molecular complexity index is 1100. The van der Waals surface area contributed by atoms with E-state index in [9.17, 15) is 13.2 Å². The summed E-state index contributed by atoms with van der Waals surface area (Å²) in [6.45, 7) is 0.728. The fraction of sp³-hybridized carbons (Fsp3) is 0.143. The van der Waals surface area contributed by atoms with Crippen LogP contribution < -0.4 is 14.8 Å². The zero-order valence-electron chi connectivity index (χ0n) is 16.2. The number of anilines is 1. The van der Waals surface area contributed by atoms with Crippen LogP contribution in [0.3, 0.4) is 0 Å². The van der Waals surface area contributed by atoms with E-state index in [1.54, 1.807) is 55.6 Å². The van der Waals surface area contributed by atoms with Crippen LogP contribution in [0.1, 0.15) is 10.4 Å². The first-order valence-electron chi connectivity index (χ1n) is 9.07. The third-order valence-corrected chi connectivity index (χ3v) is 5.36. The Morgan fingerprint density at radius 2 is 1.83 bits per heavy atom. The molecule has 1 amide bonds. The third kappa shape index (κ3) is 5.56. The van der Waals surface area contributed by atoms with Crippen LogP contribution in [0.5, 0.6) is 11.6 Å². The average molecular weight is 427 g/mol. The van der Waals surface area contributed by atoms with Gasteiger partial charge in [0.1, 0.15) is 11.3 Å². The summed E-state index contributed by atoms with van der Waals surface area (Å²) < 4.78 is 38.2. The maximum Gasteiger partial charge on any atom is 0.261 e. The van der Waals surface area contributed by atoms with E-state index in [1.807, 2.05) is 0 Å². The van der Waals surface area contributed by atoms with Gasteiger partial charge in [-0.1, -0.05) is 24.3 Å². The van der Waals surface area contributed by atoms with Crippen molar-refractivity contribution in [2.45, 2.75) is 4.90 Å². The molecule has 9 heteroatoms. The monoisotopic (exact) mass is 427 g/mol. The molecular formula is C21H21N3O5S.